The number of pyridine rings is 1. The maximum atomic E-state index is 4.51. The fourth-order valence-electron chi connectivity index (χ4n) is 2.57. The second-order valence-corrected chi connectivity index (χ2v) is 6.08. The van der Waals surface area contributed by atoms with E-state index >= 15 is 0 Å². The van der Waals surface area contributed by atoms with Crippen molar-refractivity contribution in [2.75, 3.05) is 11.9 Å². The number of aromatic nitrogens is 1. The van der Waals surface area contributed by atoms with E-state index in [9.17, 15) is 0 Å². The van der Waals surface area contributed by atoms with Crippen molar-refractivity contribution in [3.63, 3.8) is 0 Å². The lowest BCUT2D eigenvalue weighted by Gasteiger charge is -2.34. The maximum absolute atomic E-state index is 4.51. The van der Waals surface area contributed by atoms with Crippen LogP contribution in [0.25, 0.3) is 0 Å². The van der Waals surface area contributed by atoms with Crippen LogP contribution in [0.3, 0.4) is 0 Å². The van der Waals surface area contributed by atoms with Crippen molar-refractivity contribution in [3.8, 4) is 0 Å². The Bertz CT molecular complexity index is 384. The highest BCUT2D eigenvalue weighted by Gasteiger charge is 2.23. The molecule has 2 rings (SSSR count). The van der Waals surface area contributed by atoms with Crippen molar-refractivity contribution in [3.05, 3.63) is 22.3 Å². The first-order valence-electron chi connectivity index (χ1n) is 6.43. The second-order valence-electron chi connectivity index (χ2n) is 5.29. The van der Waals surface area contributed by atoms with Crippen LogP contribution in [0, 0.1) is 12.8 Å². The van der Waals surface area contributed by atoms with Crippen molar-refractivity contribution < 1.29 is 0 Å². The number of anilines is 1. The van der Waals surface area contributed by atoms with Crippen LogP contribution in [-0.2, 0) is 0 Å². The van der Waals surface area contributed by atoms with Crippen LogP contribution >= 0.6 is 15.9 Å². The van der Waals surface area contributed by atoms with Gasteiger partial charge in [-0.2, -0.15) is 0 Å². The van der Waals surface area contributed by atoms with E-state index in [2.05, 4.69) is 46.7 Å². The number of hydrogen-bond donors (Lipinski definition) is 0. The van der Waals surface area contributed by atoms with E-state index < -0.39 is 0 Å². The predicted octanol–water partition coefficient (Wildman–Crippen LogP) is 4.17. The first kappa shape index (κ1) is 12.9. The summed E-state index contributed by atoms with van der Waals surface area (Å²) in [6.07, 6.45) is 7.17. The Morgan fingerprint density at radius 2 is 1.94 bits per heavy atom. The van der Waals surface area contributed by atoms with Crippen LogP contribution in [0.1, 0.15) is 38.2 Å². The Balaban J connectivity index is 2.14. The summed E-state index contributed by atoms with van der Waals surface area (Å²) in [5, 5.41) is 0. The molecule has 2 nitrogen and oxygen atoms in total. The standard InChI is InChI=1S/C14H21BrN2/c1-10-4-6-12(7-5-10)17(3)14-13(15)11(2)8-9-16-14/h8-10,12H,4-7H2,1-3H3. The van der Waals surface area contributed by atoms with Gasteiger partial charge in [-0.05, 0) is 66.1 Å². The summed E-state index contributed by atoms with van der Waals surface area (Å²) in [6, 6.07) is 2.70. The zero-order valence-corrected chi connectivity index (χ0v) is 12.5. The zero-order chi connectivity index (χ0) is 12.4. The lowest BCUT2D eigenvalue weighted by atomic mass is 9.87. The molecule has 0 spiro atoms. The first-order chi connectivity index (χ1) is 8.09. The van der Waals surface area contributed by atoms with Crippen molar-refractivity contribution in [2.45, 2.75) is 45.6 Å². The third kappa shape index (κ3) is 2.82. The maximum Gasteiger partial charge on any atom is 0.143 e. The lowest BCUT2D eigenvalue weighted by molar-refractivity contribution is 0.340. The number of halogens is 1. The van der Waals surface area contributed by atoms with E-state index in [1.165, 1.54) is 31.2 Å². The molecule has 1 aliphatic carbocycles. The van der Waals surface area contributed by atoms with Crippen molar-refractivity contribution >= 4 is 21.7 Å². The number of rotatable bonds is 2. The highest BCUT2D eigenvalue weighted by atomic mass is 79.9. The van der Waals surface area contributed by atoms with Gasteiger partial charge >= 0.3 is 0 Å². The van der Waals surface area contributed by atoms with Gasteiger partial charge in [-0.1, -0.05) is 6.92 Å². The molecule has 94 valence electrons. The topological polar surface area (TPSA) is 16.1 Å². The van der Waals surface area contributed by atoms with E-state index in [0.717, 1.165) is 16.2 Å². The molecule has 3 heteroatoms. The number of hydrogen-bond acceptors (Lipinski definition) is 2. The quantitative estimate of drug-likeness (QED) is 0.814. The molecule has 0 aromatic carbocycles. The normalized spacial score (nSPS) is 24.7. The largest absolute Gasteiger partial charge is 0.356 e. The molecule has 1 heterocycles. The molecule has 1 aliphatic rings. The van der Waals surface area contributed by atoms with Crippen LogP contribution in [0.5, 0.6) is 0 Å². The van der Waals surface area contributed by atoms with E-state index in [0.29, 0.717) is 6.04 Å². The third-order valence-corrected chi connectivity index (χ3v) is 4.91. The summed E-state index contributed by atoms with van der Waals surface area (Å²) < 4.78 is 1.14. The minimum Gasteiger partial charge on any atom is -0.356 e. The summed E-state index contributed by atoms with van der Waals surface area (Å²) >= 11 is 3.66. The molecular formula is C14H21BrN2. The highest BCUT2D eigenvalue weighted by Crippen LogP contribution is 2.32. The Morgan fingerprint density at radius 1 is 1.29 bits per heavy atom. The third-order valence-electron chi connectivity index (χ3n) is 3.93. The molecular weight excluding hydrogens is 276 g/mol. The van der Waals surface area contributed by atoms with E-state index in [-0.39, 0.29) is 0 Å². The van der Waals surface area contributed by atoms with Gasteiger partial charge in [0.1, 0.15) is 5.82 Å². The summed E-state index contributed by atoms with van der Waals surface area (Å²) in [5.41, 5.74) is 1.26. The average Bonchev–Trinajstić information content (AvgIpc) is 2.33. The monoisotopic (exact) mass is 296 g/mol. The average molecular weight is 297 g/mol. The predicted molar refractivity (Wildman–Crippen MR) is 76.5 cm³/mol. The Morgan fingerprint density at radius 3 is 2.59 bits per heavy atom. The van der Waals surface area contributed by atoms with Gasteiger partial charge in [0.15, 0.2) is 0 Å². The van der Waals surface area contributed by atoms with Gasteiger partial charge < -0.3 is 4.90 Å². The van der Waals surface area contributed by atoms with E-state index in [1.54, 1.807) is 0 Å². The smallest absolute Gasteiger partial charge is 0.143 e. The summed E-state index contributed by atoms with van der Waals surface area (Å²) in [7, 11) is 2.17. The van der Waals surface area contributed by atoms with Gasteiger partial charge in [-0.3, -0.25) is 0 Å². The van der Waals surface area contributed by atoms with Crippen molar-refractivity contribution in [1.82, 2.24) is 4.98 Å². The molecule has 0 radical (unpaired) electrons. The minimum atomic E-state index is 0.650. The SMILES string of the molecule is Cc1ccnc(N(C)C2CCC(C)CC2)c1Br. The van der Waals surface area contributed by atoms with E-state index in [1.807, 2.05) is 12.3 Å². The molecule has 0 N–H and O–H groups in total. The van der Waals surface area contributed by atoms with Crippen LogP contribution in [0.2, 0.25) is 0 Å². The van der Waals surface area contributed by atoms with Crippen LogP contribution in [0.4, 0.5) is 5.82 Å². The molecule has 1 fully saturated rings. The van der Waals surface area contributed by atoms with Gasteiger partial charge in [0.25, 0.3) is 0 Å². The lowest BCUT2D eigenvalue weighted by Crippen LogP contribution is -2.35. The van der Waals surface area contributed by atoms with Crippen LogP contribution in [-0.4, -0.2) is 18.1 Å². The number of nitrogens with zero attached hydrogens (tertiary/aromatic N) is 2. The molecule has 1 aromatic rings. The summed E-state index contributed by atoms with van der Waals surface area (Å²) in [6.45, 7) is 4.48. The minimum absolute atomic E-state index is 0.650. The second kappa shape index (κ2) is 5.38. The van der Waals surface area contributed by atoms with Gasteiger partial charge in [0.2, 0.25) is 0 Å². The Labute approximate surface area is 113 Å². The van der Waals surface area contributed by atoms with Gasteiger partial charge in [-0.15, -0.1) is 0 Å². The van der Waals surface area contributed by atoms with Gasteiger partial charge in [0, 0.05) is 19.3 Å². The van der Waals surface area contributed by atoms with Gasteiger partial charge in [-0.25, -0.2) is 4.98 Å². The molecule has 0 bridgehead atoms. The molecule has 0 aliphatic heterocycles. The molecule has 1 saturated carbocycles. The molecule has 0 amide bonds. The summed E-state index contributed by atoms with van der Waals surface area (Å²) in [5.74, 6) is 1.98. The van der Waals surface area contributed by atoms with E-state index in [4.69, 9.17) is 0 Å². The fraction of sp³-hybridized carbons (Fsp3) is 0.643. The Kier molecular flexibility index (Phi) is 4.08. The molecule has 17 heavy (non-hydrogen) atoms. The van der Waals surface area contributed by atoms with Crippen LogP contribution in [0.15, 0.2) is 16.7 Å². The van der Waals surface area contributed by atoms with Crippen molar-refractivity contribution in [1.29, 1.82) is 0 Å². The first-order valence-corrected chi connectivity index (χ1v) is 7.23. The summed E-state index contributed by atoms with van der Waals surface area (Å²) in [4.78, 5) is 6.86. The zero-order valence-electron chi connectivity index (χ0n) is 10.9. The molecule has 0 unspecified atom stereocenters. The molecule has 1 aromatic heterocycles. The molecule has 0 atom stereocenters. The Hall–Kier alpha value is -0.570. The number of aryl methyl sites for hydroxylation is 1. The highest BCUT2D eigenvalue weighted by molar-refractivity contribution is 9.10. The fourth-order valence-corrected chi connectivity index (χ4v) is 3.09. The van der Waals surface area contributed by atoms with Crippen molar-refractivity contribution in [2.24, 2.45) is 5.92 Å². The van der Waals surface area contributed by atoms with Gasteiger partial charge in [0.05, 0.1) is 4.47 Å². The molecule has 0 saturated heterocycles. The van der Waals surface area contributed by atoms with Crippen LogP contribution < -0.4 is 4.90 Å².